The summed E-state index contributed by atoms with van der Waals surface area (Å²) in [5, 5.41) is 3.32. The second-order valence-electron chi connectivity index (χ2n) is 6.28. The first-order valence-electron chi connectivity index (χ1n) is 8.65. The van der Waals surface area contributed by atoms with Gasteiger partial charge in [-0.15, -0.1) is 11.3 Å². The van der Waals surface area contributed by atoms with Gasteiger partial charge in [0.15, 0.2) is 6.61 Å². The van der Waals surface area contributed by atoms with Gasteiger partial charge in [0, 0.05) is 4.88 Å². The Bertz CT molecular complexity index is 848. The minimum Gasteiger partial charge on any atom is -0.483 e. The smallest absolute Gasteiger partial charge is 0.262 e. The number of ether oxygens (including phenoxy) is 1. The number of fused-ring (bicyclic) bond motifs is 1. The number of nitrogens with one attached hydrogen (secondary N) is 1. The predicted molar refractivity (Wildman–Crippen MR) is 107 cm³/mol. The molecule has 0 bridgehead atoms. The van der Waals surface area contributed by atoms with Gasteiger partial charge in [-0.3, -0.25) is 9.59 Å². The maximum Gasteiger partial charge on any atom is 0.262 e. The van der Waals surface area contributed by atoms with Crippen molar-refractivity contribution in [3.8, 4) is 5.75 Å². The molecule has 7 heteroatoms. The molecule has 138 valence electrons. The van der Waals surface area contributed by atoms with E-state index in [-0.39, 0.29) is 12.5 Å². The lowest BCUT2D eigenvalue weighted by atomic mass is 10.1. The maximum atomic E-state index is 12.3. The number of halogens is 1. The fourth-order valence-electron chi connectivity index (χ4n) is 3.16. The van der Waals surface area contributed by atoms with Crippen molar-refractivity contribution < 1.29 is 14.3 Å². The van der Waals surface area contributed by atoms with Crippen molar-refractivity contribution in [3.05, 3.63) is 44.2 Å². The van der Waals surface area contributed by atoms with E-state index in [0.29, 0.717) is 16.3 Å². The molecule has 0 saturated heterocycles. The molecule has 1 aromatic carbocycles. The lowest BCUT2D eigenvalue weighted by Crippen LogP contribution is -2.22. The van der Waals surface area contributed by atoms with Crippen molar-refractivity contribution in [2.45, 2.75) is 39.0 Å². The van der Waals surface area contributed by atoms with Crippen LogP contribution in [0.5, 0.6) is 5.75 Å². The zero-order valence-corrected chi connectivity index (χ0v) is 17.0. The van der Waals surface area contributed by atoms with Gasteiger partial charge >= 0.3 is 0 Å². The van der Waals surface area contributed by atoms with E-state index in [4.69, 9.17) is 10.5 Å². The second kappa shape index (κ2) is 8.22. The summed E-state index contributed by atoms with van der Waals surface area (Å²) in [7, 11) is 0. The second-order valence-corrected chi connectivity index (χ2v) is 8.24. The first-order chi connectivity index (χ1) is 12.5. The number of carbonyl (C=O) groups is 2. The Labute approximate surface area is 165 Å². The molecule has 0 fully saturated rings. The van der Waals surface area contributed by atoms with Gasteiger partial charge in [-0.25, -0.2) is 0 Å². The summed E-state index contributed by atoms with van der Waals surface area (Å²) < 4.78 is 6.43. The zero-order chi connectivity index (χ0) is 18.7. The van der Waals surface area contributed by atoms with E-state index in [0.717, 1.165) is 47.0 Å². The van der Waals surface area contributed by atoms with E-state index in [1.165, 1.54) is 16.9 Å². The summed E-state index contributed by atoms with van der Waals surface area (Å²) in [4.78, 5) is 25.2. The molecule has 1 aliphatic carbocycles. The van der Waals surface area contributed by atoms with Crippen LogP contribution in [0.3, 0.4) is 0 Å². The molecule has 0 spiro atoms. The van der Waals surface area contributed by atoms with Crippen LogP contribution in [0.4, 0.5) is 5.00 Å². The number of rotatable bonds is 7. The molecule has 0 radical (unpaired) electrons. The molecule has 26 heavy (non-hydrogen) atoms. The van der Waals surface area contributed by atoms with Gasteiger partial charge in [0.05, 0.1) is 10.0 Å². The molecule has 0 atom stereocenters. The van der Waals surface area contributed by atoms with Crippen molar-refractivity contribution in [1.29, 1.82) is 0 Å². The molecular weight excluding hydrogens is 416 g/mol. The summed E-state index contributed by atoms with van der Waals surface area (Å²) in [5.74, 6) is -0.185. The van der Waals surface area contributed by atoms with Gasteiger partial charge in [-0.05, 0) is 64.9 Å². The highest BCUT2D eigenvalue weighted by Crippen LogP contribution is 2.38. The lowest BCUT2D eigenvalue weighted by Gasteiger charge is -2.10. The zero-order valence-electron chi connectivity index (χ0n) is 14.6. The first kappa shape index (κ1) is 18.9. The largest absolute Gasteiger partial charge is 0.483 e. The first-order valence-corrected chi connectivity index (χ1v) is 10.3. The molecule has 0 unspecified atom stereocenters. The minimum atomic E-state index is -0.491. The molecule has 3 N–H and O–H groups in total. The molecule has 5 nitrogen and oxygen atoms in total. The monoisotopic (exact) mass is 436 g/mol. The SMILES string of the molecule is CCCc1ccc(OCC(=O)Nc2sc3c(c2C(N)=O)CCC3)c(Br)c1. The van der Waals surface area contributed by atoms with Crippen molar-refractivity contribution >= 4 is 44.1 Å². The van der Waals surface area contributed by atoms with Gasteiger partial charge < -0.3 is 15.8 Å². The van der Waals surface area contributed by atoms with E-state index in [9.17, 15) is 9.59 Å². The van der Waals surface area contributed by atoms with Crippen LogP contribution >= 0.6 is 27.3 Å². The van der Waals surface area contributed by atoms with Crippen molar-refractivity contribution in [3.63, 3.8) is 0 Å². The van der Waals surface area contributed by atoms with E-state index in [1.807, 2.05) is 18.2 Å². The fourth-order valence-corrected chi connectivity index (χ4v) is 5.02. The molecule has 2 aromatic rings. The third-order valence-electron chi connectivity index (χ3n) is 4.31. The minimum absolute atomic E-state index is 0.132. The lowest BCUT2D eigenvalue weighted by molar-refractivity contribution is -0.118. The molecule has 1 heterocycles. The number of amides is 2. The average Bonchev–Trinajstić information content (AvgIpc) is 3.14. The van der Waals surface area contributed by atoms with Crippen LogP contribution in [-0.4, -0.2) is 18.4 Å². The highest BCUT2D eigenvalue weighted by atomic mass is 79.9. The third kappa shape index (κ3) is 4.10. The van der Waals surface area contributed by atoms with Gasteiger partial charge in [-0.2, -0.15) is 0 Å². The van der Waals surface area contributed by atoms with Crippen LogP contribution in [0, 0.1) is 0 Å². The summed E-state index contributed by atoms with van der Waals surface area (Å²) in [6, 6.07) is 5.86. The van der Waals surface area contributed by atoms with Crippen LogP contribution in [-0.2, 0) is 24.1 Å². The maximum absolute atomic E-state index is 12.3. The van der Waals surface area contributed by atoms with Crippen molar-refractivity contribution in [2.75, 3.05) is 11.9 Å². The number of hydrogen-bond donors (Lipinski definition) is 2. The van der Waals surface area contributed by atoms with E-state index >= 15 is 0 Å². The number of anilines is 1. The highest BCUT2D eigenvalue weighted by molar-refractivity contribution is 9.10. The molecule has 0 aliphatic heterocycles. The number of carbonyl (C=O) groups excluding carboxylic acids is 2. The fraction of sp³-hybridized carbons (Fsp3) is 0.368. The normalized spacial score (nSPS) is 12.7. The third-order valence-corrected chi connectivity index (χ3v) is 6.14. The molecule has 1 aliphatic rings. The Morgan fingerprint density at radius 1 is 1.35 bits per heavy atom. The van der Waals surface area contributed by atoms with E-state index < -0.39 is 5.91 Å². The van der Waals surface area contributed by atoms with Crippen LogP contribution in [0.1, 0.15) is 46.1 Å². The highest BCUT2D eigenvalue weighted by Gasteiger charge is 2.26. The molecule has 2 amide bonds. The van der Waals surface area contributed by atoms with Gasteiger partial charge in [0.25, 0.3) is 11.8 Å². The molecule has 3 rings (SSSR count). The Balaban J connectivity index is 1.64. The van der Waals surface area contributed by atoms with Crippen molar-refractivity contribution in [1.82, 2.24) is 0 Å². The summed E-state index contributed by atoms with van der Waals surface area (Å²) in [6.45, 7) is 2.00. The van der Waals surface area contributed by atoms with Crippen LogP contribution in [0.15, 0.2) is 22.7 Å². The van der Waals surface area contributed by atoms with Crippen LogP contribution < -0.4 is 15.8 Å². The summed E-state index contributed by atoms with van der Waals surface area (Å²) in [5.41, 5.74) is 8.18. The Morgan fingerprint density at radius 3 is 2.85 bits per heavy atom. The number of benzene rings is 1. The average molecular weight is 437 g/mol. The summed E-state index contributed by atoms with van der Waals surface area (Å²) >= 11 is 4.92. The van der Waals surface area contributed by atoms with E-state index in [2.05, 4.69) is 28.2 Å². The molecule has 0 saturated carbocycles. The van der Waals surface area contributed by atoms with Crippen LogP contribution in [0.2, 0.25) is 0 Å². The van der Waals surface area contributed by atoms with Gasteiger partial charge in [-0.1, -0.05) is 19.4 Å². The van der Waals surface area contributed by atoms with Crippen LogP contribution in [0.25, 0.3) is 0 Å². The number of primary amides is 1. The van der Waals surface area contributed by atoms with E-state index in [1.54, 1.807) is 0 Å². The number of aryl methyl sites for hydroxylation is 2. The Morgan fingerprint density at radius 2 is 2.15 bits per heavy atom. The quantitative estimate of drug-likeness (QED) is 0.685. The predicted octanol–water partition coefficient (Wildman–Crippen LogP) is 4.07. The topological polar surface area (TPSA) is 81.4 Å². The van der Waals surface area contributed by atoms with Gasteiger partial charge in [0.1, 0.15) is 10.8 Å². The Hall–Kier alpha value is -1.86. The molecule has 1 aromatic heterocycles. The Kier molecular flexibility index (Phi) is 5.98. The van der Waals surface area contributed by atoms with Crippen molar-refractivity contribution in [2.24, 2.45) is 5.73 Å². The molecular formula is C19H21BrN2O3S. The van der Waals surface area contributed by atoms with Gasteiger partial charge in [0.2, 0.25) is 0 Å². The number of hydrogen-bond acceptors (Lipinski definition) is 4. The number of thiophene rings is 1. The standard InChI is InChI=1S/C19H21BrN2O3S/c1-2-4-11-7-8-14(13(20)9-11)25-10-16(23)22-19-17(18(21)24)12-5-3-6-15(12)26-19/h7-9H,2-6,10H2,1H3,(H2,21,24)(H,22,23). The summed E-state index contributed by atoms with van der Waals surface area (Å²) in [6.07, 6.45) is 4.87. The number of nitrogens with two attached hydrogens (primary N) is 1.